The van der Waals surface area contributed by atoms with E-state index in [1.807, 2.05) is 12.1 Å². The van der Waals surface area contributed by atoms with Crippen LogP contribution in [0.25, 0.3) is 21.3 Å². The third-order valence-corrected chi connectivity index (χ3v) is 4.73. The van der Waals surface area contributed by atoms with Gasteiger partial charge in [-0.15, -0.1) is 0 Å². The number of hydrogen-bond donors (Lipinski definition) is 3. The number of hydrogen-bond acceptors (Lipinski definition) is 6. The van der Waals surface area contributed by atoms with Crippen LogP contribution < -0.4 is 21.2 Å². The van der Waals surface area contributed by atoms with Gasteiger partial charge in [-0.2, -0.15) is 0 Å². The quantitative estimate of drug-likeness (QED) is 0.479. The first-order valence-corrected chi connectivity index (χ1v) is 8.37. The molecule has 4 rings (SSSR count). The van der Waals surface area contributed by atoms with Crippen LogP contribution in [-0.2, 0) is 0 Å². The van der Waals surface area contributed by atoms with Crippen molar-refractivity contribution in [2.45, 2.75) is 0 Å². The SMILES string of the molecule is COc1ccc2nc(NC(=O)c3ccc4[nH]c(=O)c(=O)[nH]c4c3)sc2c1. The van der Waals surface area contributed by atoms with Crippen molar-refractivity contribution in [3.05, 3.63) is 62.7 Å². The second-order valence-electron chi connectivity index (χ2n) is 5.48. The summed E-state index contributed by atoms with van der Waals surface area (Å²) in [6.07, 6.45) is 0. The number of benzene rings is 2. The molecule has 0 aliphatic carbocycles. The average molecular weight is 368 g/mol. The number of methoxy groups -OCH3 is 1. The molecule has 26 heavy (non-hydrogen) atoms. The standard InChI is InChI=1S/C17H12N4O4S/c1-25-9-3-5-11-13(7-9)26-17(20-11)21-14(22)8-2-4-10-12(6-8)19-16(24)15(23)18-10/h2-7H,1H3,(H,18,23)(H,19,24)(H,20,21,22). The Morgan fingerprint density at radius 2 is 1.85 bits per heavy atom. The maximum absolute atomic E-state index is 12.5. The molecular formula is C17H12N4O4S. The fraction of sp³-hybridized carbons (Fsp3) is 0.0588. The van der Waals surface area contributed by atoms with Crippen molar-refractivity contribution in [1.29, 1.82) is 0 Å². The maximum Gasteiger partial charge on any atom is 0.314 e. The Morgan fingerprint density at radius 1 is 1.08 bits per heavy atom. The molecule has 0 atom stereocenters. The van der Waals surface area contributed by atoms with E-state index in [0.717, 1.165) is 10.2 Å². The van der Waals surface area contributed by atoms with E-state index in [-0.39, 0.29) is 5.91 Å². The van der Waals surface area contributed by atoms with Crippen molar-refractivity contribution in [1.82, 2.24) is 15.0 Å². The summed E-state index contributed by atoms with van der Waals surface area (Å²) in [7, 11) is 1.59. The molecule has 9 heteroatoms. The topological polar surface area (TPSA) is 117 Å². The minimum Gasteiger partial charge on any atom is -0.497 e. The van der Waals surface area contributed by atoms with Crippen LogP contribution in [0, 0.1) is 0 Å². The van der Waals surface area contributed by atoms with Gasteiger partial charge in [0.25, 0.3) is 5.91 Å². The van der Waals surface area contributed by atoms with Crippen LogP contribution in [0.4, 0.5) is 5.13 Å². The zero-order chi connectivity index (χ0) is 18.3. The number of amides is 1. The van der Waals surface area contributed by atoms with Crippen LogP contribution >= 0.6 is 11.3 Å². The lowest BCUT2D eigenvalue weighted by Gasteiger charge is -2.03. The summed E-state index contributed by atoms with van der Waals surface area (Å²) in [4.78, 5) is 44.5. The van der Waals surface area contributed by atoms with Crippen molar-refractivity contribution < 1.29 is 9.53 Å². The van der Waals surface area contributed by atoms with Crippen molar-refractivity contribution in [3.63, 3.8) is 0 Å². The molecular weight excluding hydrogens is 356 g/mol. The fourth-order valence-corrected chi connectivity index (χ4v) is 3.40. The Hall–Kier alpha value is -3.46. The fourth-order valence-electron chi connectivity index (χ4n) is 2.51. The molecule has 0 unspecified atom stereocenters. The number of carbonyl (C=O) groups excluding carboxylic acids is 1. The normalized spacial score (nSPS) is 11.0. The number of nitrogens with one attached hydrogen (secondary N) is 3. The molecule has 130 valence electrons. The monoisotopic (exact) mass is 368 g/mol. The Labute approximate surface area is 149 Å². The van der Waals surface area contributed by atoms with Gasteiger partial charge in [-0.05, 0) is 36.4 Å². The Balaban J connectivity index is 1.65. The Bertz CT molecular complexity index is 1270. The minimum atomic E-state index is -0.768. The second-order valence-corrected chi connectivity index (χ2v) is 6.51. The summed E-state index contributed by atoms with van der Waals surface area (Å²) in [6.45, 7) is 0. The third kappa shape index (κ3) is 2.84. The van der Waals surface area contributed by atoms with Crippen molar-refractivity contribution >= 4 is 43.6 Å². The van der Waals surface area contributed by atoms with E-state index in [2.05, 4.69) is 20.3 Å². The van der Waals surface area contributed by atoms with Crippen LogP contribution in [0.15, 0.2) is 46.0 Å². The number of aromatic nitrogens is 3. The molecule has 2 aromatic carbocycles. The van der Waals surface area contributed by atoms with E-state index in [1.54, 1.807) is 25.3 Å². The van der Waals surface area contributed by atoms with E-state index >= 15 is 0 Å². The summed E-state index contributed by atoms with van der Waals surface area (Å²) < 4.78 is 6.07. The van der Waals surface area contributed by atoms with Gasteiger partial charge in [-0.1, -0.05) is 11.3 Å². The number of H-pyrrole nitrogens is 2. The predicted molar refractivity (Wildman–Crippen MR) is 99.3 cm³/mol. The van der Waals surface area contributed by atoms with E-state index in [9.17, 15) is 14.4 Å². The molecule has 2 heterocycles. The highest BCUT2D eigenvalue weighted by Crippen LogP contribution is 2.29. The van der Waals surface area contributed by atoms with Crippen molar-refractivity contribution in [3.8, 4) is 5.75 Å². The molecule has 0 aliphatic rings. The number of fused-ring (bicyclic) bond motifs is 2. The molecule has 0 bridgehead atoms. The lowest BCUT2D eigenvalue weighted by Crippen LogP contribution is -2.29. The summed E-state index contributed by atoms with van der Waals surface area (Å²) in [5, 5.41) is 3.19. The zero-order valence-corrected chi connectivity index (χ0v) is 14.3. The number of ether oxygens (including phenoxy) is 1. The first-order chi connectivity index (χ1) is 12.5. The molecule has 0 radical (unpaired) electrons. The van der Waals surface area contributed by atoms with E-state index in [4.69, 9.17) is 4.74 Å². The summed E-state index contributed by atoms with van der Waals surface area (Å²) in [6, 6.07) is 10.1. The van der Waals surface area contributed by atoms with Crippen molar-refractivity contribution in [2.75, 3.05) is 12.4 Å². The van der Waals surface area contributed by atoms with Crippen LogP contribution in [0.1, 0.15) is 10.4 Å². The minimum absolute atomic E-state index is 0.331. The van der Waals surface area contributed by atoms with E-state index < -0.39 is 11.1 Å². The molecule has 0 fully saturated rings. The second kappa shape index (κ2) is 6.12. The first kappa shape index (κ1) is 16.0. The van der Waals surface area contributed by atoms with Gasteiger partial charge >= 0.3 is 11.1 Å². The van der Waals surface area contributed by atoms with Gasteiger partial charge in [0, 0.05) is 5.56 Å². The molecule has 0 aliphatic heterocycles. The number of carbonyl (C=O) groups is 1. The average Bonchev–Trinajstić information content (AvgIpc) is 3.03. The van der Waals surface area contributed by atoms with Gasteiger partial charge < -0.3 is 14.7 Å². The van der Waals surface area contributed by atoms with Crippen LogP contribution in [-0.4, -0.2) is 28.0 Å². The smallest absolute Gasteiger partial charge is 0.314 e. The molecule has 4 aromatic rings. The molecule has 3 N–H and O–H groups in total. The van der Waals surface area contributed by atoms with Gasteiger partial charge in [0.15, 0.2) is 5.13 Å². The maximum atomic E-state index is 12.5. The van der Waals surface area contributed by atoms with Gasteiger partial charge in [0.05, 0.1) is 28.4 Å². The number of anilines is 1. The highest BCUT2D eigenvalue weighted by molar-refractivity contribution is 7.22. The lowest BCUT2D eigenvalue weighted by atomic mass is 10.2. The van der Waals surface area contributed by atoms with Crippen LogP contribution in [0.2, 0.25) is 0 Å². The molecule has 0 saturated heterocycles. The van der Waals surface area contributed by atoms with Crippen molar-refractivity contribution in [2.24, 2.45) is 0 Å². The Morgan fingerprint density at radius 3 is 2.62 bits per heavy atom. The van der Waals surface area contributed by atoms with Gasteiger partial charge in [-0.3, -0.25) is 19.7 Å². The Kier molecular flexibility index (Phi) is 3.77. The first-order valence-electron chi connectivity index (χ1n) is 7.56. The number of nitrogens with zero attached hydrogens (tertiary/aromatic N) is 1. The summed E-state index contributed by atoms with van der Waals surface area (Å²) in [5.74, 6) is 0.344. The van der Waals surface area contributed by atoms with Gasteiger partial charge in [0.1, 0.15) is 5.75 Å². The molecule has 0 spiro atoms. The molecule has 2 aromatic heterocycles. The van der Waals surface area contributed by atoms with E-state index in [0.29, 0.717) is 27.5 Å². The highest BCUT2D eigenvalue weighted by atomic mass is 32.1. The number of rotatable bonds is 3. The highest BCUT2D eigenvalue weighted by Gasteiger charge is 2.12. The van der Waals surface area contributed by atoms with Gasteiger partial charge in [0.2, 0.25) is 0 Å². The summed E-state index contributed by atoms with van der Waals surface area (Å²) >= 11 is 1.33. The van der Waals surface area contributed by atoms with Crippen LogP contribution in [0.3, 0.4) is 0 Å². The third-order valence-electron chi connectivity index (χ3n) is 3.80. The van der Waals surface area contributed by atoms with Crippen LogP contribution in [0.5, 0.6) is 5.75 Å². The molecule has 1 amide bonds. The molecule has 8 nitrogen and oxygen atoms in total. The molecule has 0 saturated carbocycles. The zero-order valence-electron chi connectivity index (χ0n) is 13.5. The van der Waals surface area contributed by atoms with Gasteiger partial charge in [-0.25, -0.2) is 4.98 Å². The lowest BCUT2D eigenvalue weighted by molar-refractivity contribution is 0.102. The number of thiazole rings is 1. The number of aromatic amines is 2. The van der Waals surface area contributed by atoms with E-state index in [1.165, 1.54) is 17.4 Å². The summed E-state index contributed by atoms with van der Waals surface area (Å²) in [5.41, 5.74) is 0.396. The predicted octanol–water partition coefficient (Wildman–Crippen LogP) is 2.09. The largest absolute Gasteiger partial charge is 0.497 e.